The van der Waals surface area contributed by atoms with E-state index in [1.807, 2.05) is 0 Å². The lowest BCUT2D eigenvalue weighted by Crippen LogP contribution is -2.43. The van der Waals surface area contributed by atoms with Gasteiger partial charge in [-0.15, -0.1) is 0 Å². The fourth-order valence-corrected chi connectivity index (χ4v) is 3.98. The largest absolute Gasteiger partial charge is 0.481 e. The number of carboxylic acid groups (broad SMARTS) is 1. The highest BCUT2D eigenvalue weighted by atomic mass is 35.5. The molecule has 2 atom stereocenters. The Balaban J connectivity index is 1.84. The molecule has 1 aromatic heterocycles. The van der Waals surface area contributed by atoms with E-state index in [9.17, 15) is 24.2 Å². The number of nitrogens with zero attached hydrogens (tertiary/aromatic N) is 1. The molecule has 8 nitrogen and oxygen atoms in total. The molecule has 0 bridgehead atoms. The molecule has 1 unspecified atom stereocenters. The number of benzene rings is 2. The van der Waals surface area contributed by atoms with Crippen molar-refractivity contribution in [2.75, 3.05) is 13.7 Å². The predicted molar refractivity (Wildman–Crippen MR) is 127 cm³/mol. The second-order valence-corrected chi connectivity index (χ2v) is 8.91. The molecule has 0 saturated heterocycles. The molecule has 35 heavy (non-hydrogen) atoms. The van der Waals surface area contributed by atoms with Gasteiger partial charge in [0, 0.05) is 23.2 Å². The fraction of sp³-hybridized carbons (Fsp3) is 0.320. The molecule has 0 radical (unpaired) electrons. The number of halogens is 2. The summed E-state index contributed by atoms with van der Waals surface area (Å²) in [5.41, 5.74) is 0.483. The van der Waals surface area contributed by atoms with Crippen molar-refractivity contribution in [2.24, 2.45) is 5.41 Å². The van der Waals surface area contributed by atoms with Gasteiger partial charge in [-0.25, -0.2) is 4.39 Å². The Morgan fingerprint density at radius 1 is 1.23 bits per heavy atom. The lowest BCUT2D eigenvalue weighted by Gasteiger charge is -2.29. The Labute approximate surface area is 206 Å². The number of aromatic nitrogens is 1. The molecule has 3 aromatic rings. The smallest absolute Gasteiger partial charge is 0.309 e. The van der Waals surface area contributed by atoms with Crippen molar-refractivity contribution in [3.8, 4) is 17.0 Å². The number of carbonyl (C=O) groups excluding carboxylic acids is 1. The van der Waals surface area contributed by atoms with Crippen molar-refractivity contribution in [3.05, 3.63) is 70.7 Å². The van der Waals surface area contributed by atoms with Gasteiger partial charge in [-0.2, -0.15) is 0 Å². The first kappa shape index (κ1) is 26.2. The summed E-state index contributed by atoms with van der Waals surface area (Å²) in [5, 5.41) is 26.0. The Kier molecular flexibility index (Phi) is 8.48. The molecule has 3 rings (SSSR count). The summed E-state index contributed by atoms with van der Waals surface area (Å²) >= 11 is 6.00. The van der Waals surface area contributed by atoms with Crippen LogP contribution in [0.4, 0.5) is 4.39 Å². The molecular weight excluding hydrogens is 479 g/mol. The van der Waals surface area contributed by atoms with Gasteiger partial charge in [-0.3, -0.25) is 9.59 Å². The number of hydrogen-bond donors (Lipinski definition) is 3. The first-order chi connectivity index (χ1) is 16.6. The third kappa shape index (κ3) is 6.58. The Bertz CT molecular complexity index is 1180. The maximum atomic E-state index is 14.2. The highest BCUT2D eigenvalue weighted by Crippen LogP contribution is 2.30. The summed E-state index contributed by atoms with van der Waals surface area (Å²) in [7, 11) is 1.38. The van der Waals surface area contributed by atoms with Gasteiger partial charge < -0.3 is 24.8 Å². The number of nitrogens with one attached hydrogen (secondary N) is 1. The SMILES string of the molecule is COc1cc(C(=O)N[C@H](Cc2ccc(-c3cc(Cl)ccc3F)cc2)CC(C)(CCO)C(=O)O)on1. The minimum absolute atomic E-state index is 0.0117. The van der Waals surface area contributed by atoms with Crippen molar-refractivity contribution < 1.29 is 33.5 Å². The van der Waals surface area contributed by atoms with E-state index in [0.717, 1.165) is 5.56 Å². The van der Waals surface area contributed by atoms with E-state index in [2.05, 4.69) is 10.5 Å². The van der Waals surface area contributed by atoms with Gasteiger partial charge in [0.05, 0.1) is 18.6 Å². The summed E-state index contributed by atoms with van der Waals surface area (Å²) < 4.78 is 24.1. The second kappa shape index (κ2) is 11.3. The van der Waals surface area contributed by atoms with E-state index < -0.39 is 29.2 Å². The van der Waals surface area contributed by atoms with Crippen LogP contribution in [0.2, 0.25) is 5.02 Å². The highest BCUT2D eigenvalue weighted by Gasteiger charge is 2.36. The average molecular weight is 505 g/mol. The zero-order chi connectivity index (χ0) is 25.6. The van der Waals surface area contributed by atoms with Gasteiger partial charge in [0.15, 0.2) is 0 Å². The third-order valence-electron chi connectivity index (χ3n) is 5.81. The van der Waals surface area contributed by atoms with Crippen LogP contribution in [-0.4, -0.2) is 47.0 Å². The first-order valence-corrected chi connectivity index (χ1v) is 11.2. The topological polar surface area (TPSA) is 122 Å². The average Bonchev–Trinajstić information content (AvgIpc) is 3.31. The van der Waals surface area contributed by atoms with Gasteiger partial charge in [-0.05, 0) is 60.7 Å². The minimum Gasteiger partial charge on any atom is -0.481 e. The number of hydrogen-bond acceptors (Lipinski definition) is 6. The standard InChI is InChI=1S/C25H26ClFN2O6/c1-25(9-10-30,24(32)33)14-18(28-23(31)21-13-22(34-2)29-35-21)11-15-3-5-16(6-4-15)19-12-17(26)7-8-20(19)27/h3-8,12-13,18,30H,9-11,14H2,1-2H3,(H,28,31)(H,32,33)/t18-,25?/m1/s1. The summed E-state index contributed by atoms with van der Waals surface area (Å²) in [4.78, 5) is 24.7. The van der Waals surface area contributed by atoms with Gasteiger partial charge in [0.1, 0.15) is 5.82 Å². The highest BCUT2D eigenvalue weighted by molar-refractivity contribution is 6.30. The summed E-state index contributed by atoms with van der Waals surface area (Å²) in [6, 6.07) is 12.0. The second-order valence-electron chi connectivity index (χ2n) is 8.47. The number of rotatable bonds is 11. The number of aliphatic hydroxyl groups excluding tert-OH is 1. The van der Waals surface area contributed by atoms with Gasteiger partial charge in [0.2, 0.25) is 5.76 Å². The van der Waals surface area contributed by atoms with Crippen LogP contribution in [0.5, 0.6) is 5.88 Å². The molecule has 0 spiro atoms. The Morgan fingerprint density at radius 2 is 1.94 bits per heavy atom. The molecule has 186 valence electrons. The van der Waals surface area contributed by atoms with Crippen molar-refractivity contribution in [1.82, 2.24) is 10.5 Å². The van der Waals surface area contributed by atoms with E-state index >= 15 is 0 Å². The number of aliphatic hydroxyl groups is 1. The summed E-state index contributed by atoms with van der Waals surface area (Å²) in [5.74, 6) is -2.03. The van der Waals surface area contributed by atoms with Crippen LogP contribution in [0, 0.1) is 11.2 Å². The number of carboxylic acids is 1. The van der Waals surface area contributed by atoms with Crippen molar-refractivity contribution in [1.29, 1.82) is 0 Å². The quantitative estimate of drug-likeness (QED) is 0.355. The maximum absolute atomic E-state index is 14.2. The first-order valence-electron chi connectivity index (χ1n) is 10.9. The van der Waals surface area contributed by atoms with E-state index in [1.54, 1.807) is 24.3 Å². The summed E-state index contributed by atoms with van der Waals surface area (Å²) in [6.45, 7) is 1.20. The van der Waals surface area contributed by atoms with Crippen LogP contribution in [0.3, 0.4) is 0 Å². The van der Waals surface area contributed by atoms with Crippen LogP contribution >= 0.6 is 11.6 Å². The number of methoxy groups -OCH3 is 1. The van der Waals surface area contributed by atoms with Gasteiger partial charge >= 0.3 is 5.97 Å². The number of carbonyl (C=O) groups is 2. The maximum Gasteiger partial charge on any atom is 0.309 e. The zero-order valence-corrected chi connectivity index (χ0v) is 20.0. The van der Waals surface area contributed by atoms with E-state index in [1.165, 1.54) is 38.3 Å². The minimum atomic E-state index is -1.28. The number of amides is 1. The molecule has 10 heteroatoms. The zero-order valence-electron chi connectivity index (χ0n) is 19.3. The molecular formula is C25H26ClFN2O6. The molecule has 2 aromatic carbocycles. The van der Waals surface area contributed by atoms with Gasteiger partial charge in [-0.1, -0.05) is 35.9 Å². The van der Waals surface area contributed by atoms with Crippen LogP contribution < -0.4 is 10.1 Å². The molecule has 1 heterocycles. The van der Waals surface area contributed by atoms with Crippen LogP contribution in [-0.2, 0) is 11.2 Å². The van der Waals surface area contributed by atoms with Crippen LogP contribution in [0.15, 0.2) is 53.1 Å². The molecule has 0 aliphatic heterocycles. The monoisotopic (exact) mass is 504 g/mol. The Hall–Kier alpha value is -3.43. The van der Waals surface area contributed by atoms with Crippen LogP contribution in [0.25, 0.3) is 11.1 Å². The molecule has 1 amide bonds. The normalized spacial score (nSPS) is 13.6. The van der Waals surface area contributed by atoms with Crippen molar-refractivity contribution in [3.63, 3.8) is 0 Å². The number of aliphatic carboxylic acids is 1. The molecule has 3 N–H and O–H groups in total. The summed E-state index contributed by atoms with van der Waals surface area (Å²) in [6.07, 6.45) is 0.339. The molecule has 0 saturated carbocycles. The van der Waals surface area contributed by atoms with Crippen LogP contribution in [0.1, 0.15) is 35.9 Å². The third-order valence-corrected chi connectivity index (χ3v) is 6.04. The number of ether oxygens (including phenoxy) is 1. The van der Waals surface area contributed by atoms with Crippen molar-refractivity contribution in [2.45, 2.75) is 32.2 Å². The van der Waals surface area contributed by atoms with E-state index in [0.29, 0.717) is 16.1 Å². The fourth-order valence-electron chi connectivity index (χ4n) is 3.80. The molecule has 0 fully saturated rings. The lowest BCUT2D eigenvalue weighted by atomic mass is 9.79. The Morgan fingerprint density at radius 3 is 2.54 bits per heavy atom. The lowest BCUT2D eigenvalue weighted by molar-refractivity contribution is -0.149. The van der Waals surface area contributed by atoms with E-state index in [4.69, 9.17) is 20.9 Å². The molecule has 0 aliphatic rings. The predicted octanol–water partition coefficient (Wildman–Crippen LogP) is 4.35. The van der Waals surface area contributed by atoms with Gasteiger partial charge in [0.25, 0.3) is 11.8 Å². The van der Waals surface area contributed by atoms with Crippen molar-refractivity contribution >= 4 is 23.5 Å². The van der Waals surface area contributed by atoms with E-state index in [-0.39, 0.29) is 37.5 Å². The molecule has 0 aliphatic carbocycles.